The number of hydrogen-bond acceptors (Lipinski definition) is 4. The smallest absolute Gasteiger partial charge is 0.321 e. The Morgan fingerprint density at radius 1 is 1.21 bits per heavy atom. The monoisotopic (exact) mass is 319 g/mol. The lowest BCUT2D eigenvalue weighted by atomic mass is 10.0. The van der Waals surface area contributed by atoms with Gasteiger partial charge in [-0.3, -0.25) is 4.79 Å². The molecule has 5 nitrogen and oxygen atoms in total. The highest BCUT2D eigenvalue weighted by Crippen LogP contribution is 2.28. The lowest BCUT2D eigenvalue weighted by Gasteiger charge is -2.17. The number of fused-ring (bicyclic) bond motifs is 1. The van der Waals surface area contributed by atoms with E-state index in [-0.39, 0.29) is 5.91 Å². The van der Waals surface area contributed by atoms with Gasteiger partial charge >= 0.3 is 6.01 Å². The fourth-order valence-electron chi connectivity index (χ4n) is 1.88. The van der Waals surface area contributed by atoms with Gasteiger partial charge in [-0.25, -0.2) is 9.97 Å². The predicted octanol–water partition coefficient (Wildman–Crippen LogP) is 2.92. The molecule has 0 spiro atoms. The number of hydrogen-bond donors (Lipinski definition) is 1. The van der Waals surface area contributed by atoms with Crippen molar-refractivity contribution in [3.05, 3.63) is 40.6 Å². The third-order valence-corrected chi connectivity index (χ3v) is 3.19. The average molecular weight is 320 g/mol. The molecule has 0 bridgehead atoms. The van der Waals surface area contributed by atoms with Gasteiger partial charge < -0.3 is 10.1 Å². The van der Waals surface area contributed by atoms with Crippen LogP contribution in [0.5, 0.6) is 11.8 Å². The van der Waals surface area contributed by atoms with Gasteiger partial charge in [-0.2, -0.15) is 0 Å². The van der Waals surface area contributed by atoms with Crippen molar-refractivity contribution < 1.29 is 9.53 Å². The first-order valence-electron chi connectivity index (χ1n) is 5.79. The Balaban J connectivity index is 1.82. The molecule has 0 radical (unpaired) electrons. The molecule has 1 aromatic carbocycles. The Hall–Kier alpha value is -1.95. The third-order valence-electron chi connectivity index (χ3n) is 2.78. The van der Waals surface area contributed by atoms with Crippen LogP contribution in [0.1, 0.15) is 12.0 Å². The lowest BCUT2D eigenvalue weighted by molar-refractivity contribution is -0.116. The van der Waals surface area contributed by atoms with Crippen molar-refractivity contribution in [1.29, 1.82) is 0 Å². The molecule has 1 aromatic heterocycles. The number of benzene rings is 1. The largest absolute Gasteiger partial charge is 0.424 e. The summed E-state index contributed by atoms with van der Waals surface area (Å²) in [5.41, 5.74) is 1.91. The Kier molecular flexibility index (Phi) is 3.16. The van der Waals surface area contributed by atoms with Gasteiger partial charge in [0.25, 0.3) is 0 Å². The summed E-state index contributed by atoms with van der Waals surface area (Å²) in [7, 11) is 0. The van der Waals surface area contributed by atoms with Crippen LogP contribution in [-0.4, -0.2) is 15.9 Å². The number of aryl methyl sites for hydroxylation is 1. The number of amides is 1. The highest BCUT2D eigenvalue weighted by molar-refractivity contribution is 9.10. The molecular weight excluding hydrogens is 310 g/mol. The second-order valence-electron chi connectivity index (χ2n) is 4.15. The van der Waals surface area contributed by atoms with E-state index in [1.54, 1.807) is 18.5 Å². The Morgan fingerprint density at radius 3 is 2.79 bits per heavy atom. The van der Waals surface area contributed by atoms with Crippen LogP contribution in [0.25, 0.3) is 0 Å². The molecule has 0 unspecified atom stereocenters. The minimum atomic E-state index is 0.0532. The fourth-order valence-corrected chi connectivity index (χ4v) is 2.09. The Bertz CT molecular complexity index is 628. The standard InChI is InChI=1S/C13H10BrN3O2/c14-9-6-15-13(16-7-9)19-10-2-3-11-8(5-10)1-4-12(18)17-11/h2-3,5-7H,1,4H2,(H,17,18). The van der Waals surface area contributed by atoms with Gasteiger partial charge in [-0.05, 0) is 46.1 Å². The summed E-state index contributed by atoms with van der Waals surface area (Å²) in [4.78, 5) is 19.4. The number of halogens is 1. The number of aromatic nitrogens is 2. The van der Waals surface area contributed by atoms with Gasteiger partial charge in [0.15, 0.2) is 0 Å². The first-order valence-corrected chi connectivity index (χ1v) is 6.58. The Labute approximate surface area is 118 Å². The van der Waals surface area contributed by atoms with E-state index in [1.807, 2.05) is 12.1 Å². The van der Waals surface area contributed by atoms with Crippen LogP contribution in [0.3, 0.4) is 0 Å². The minimum absolute atomic E-state index is 0.0532. The van der Waals surface area contributed by atoms with Crippen molar-refractivity contribution in [3.63, 3.8) is 0 Å². The summed E-state index contributed by atoms with van der Waals surface area (Å²) in [5, 5.41) is 2.83. The molecule has 3 rings (SSSR count). The van der Waals surface area contributed by atoms with Crippen LogP contribution < -0.4 is 10.1 Å². The highest BCUT2D eigenvalue weighted by atomic mass is 79.9. The van der Waals surface area contributed by atoms with E-state index in [9.17, 15) is 4.79 Å². The highest BCUT2D eigenvalue weighted by Gasteiger charge is 2.15. The molecule has 2 aromatic rings. The van der Waals surface area contributed by atoms with Crippen molar-refractivity contribution in [1.82, 2.24) is 9.97 Å². The summed E-state index contributed by atoms with van der Waals surface area (Å²) >= 11 is 3.27. The molecule has 0 atom stereocenters. The van der Waals surface area contributed by atoms with E-state index in [1.165, 1.54) is 0 Å². The second kappa shape index (κ2) is 4.97. The first-order chi connectivity index (χ1) is 9.20. The lowest BCUT2D eigenvalue weighted by Crippen LogP contribution is -2.18. The maximum atomic E-state index is 11.3. The fraction of sp³-hybridized carbons (Fsp3) is 0.154. The van der Waals surface area contributed by atoms with Crippen LogP contribution in [0, 0.1) is 0 Å². The van der Waals surface area contributed by atoms with Crippen LogP contribution in [0.4, 0.5) is 5.69 Å². The molecule has 0 saturated carbocycles. The van der Waals surface area contributed by atoms with Crippen LogP contribution in [-0.2, 0) is 11.2 Å². The van der Waals surface area contributed by atoms with Gasteiger partial charge in [0.1, 0.15) is 5.75 Å². The van der Waals surface area contributed by atoms with E-state index in [4.69, 9.17) is 4.74 Å². The predicted molar refractivity (Wildman–Crippen MR) is 73.2 cm³/mol. The molecule has 1 amide bonds. The van der Waals surface area contributed by atoms with Crippen molar-refractivity contribution in [2.24, 2.45) is 0 Å². The quantitative estimate of drug-likeness (QED) is 0.924. The van der Waals surface area contributed by atoms with Crippen molar-refractivity contribution in [3.8, 4) is 11.8 Å². The van der Waals surface area contributed by atoms with Gasteiger partial charge in [0.2, 0.25) is 5.91 Å². The average Bonchev–Trinajstić information content (AvgIpc) is 2.42. The minimum Gasteiger partial charge on any atom is -0.424 e. The molecule has 1 N–H and O–H groups in total. The number of rotatable bonds is 2. The van der Waals surface area contributed by atoms with Crippen molar-refractivity contribution in [2.45, 2.75) is 12.8 Å². The normalized spacial score (nSPS) is 13.6. The number of anilines is 1. The SMILES string of the molecule is O=C1CCc2cc(Oc3ncc(Br)cn3)ccc2N1. The molecule has 96 valence electrons. The zero-order valence-corrected chi connectivity index (χ0v) is 11.5. The summed E-state index contributed by atoms with van der Waals surface area (Å²) in [6, 6.07) is 5.82. The van der Waals surface area contributed by atoms with Crippen LogP contribution in [0.15, 0.2) is 35.1 Å². The van der Waals surface area contributed by atoms with E-state index < -0.39 is 0 Å². The second-order valence-corrected chi connectivity index (χ2v) is 5.07. The van der Waals surface area contributed by atoms with E-state index >= 15 is 0 Å². The van der Waals surface area contributed by atoms with Crippen LogP contribution >= 0.6 is 15.9 Å². The molecular formula is C13H10BrN3O2. The van der Waals surface area contributed by atoms with Crippen molar-refractivity contribution in [2.75, 3.05) is 5.32 Å². The van der Waals surface area contributed by atoms with E-state index in [2.05, 4.69) is 31.2 Å². The molecule has 0 fully saturated rings. The molecule has 6 heteroatoms. The first kappa shape index (κ1) is 12.1. The molecule has 0 aliphatic carbocycles. The van der Waals surface area contributed by atoms with E-state index in [0.29, 0.717) is 18.2 Å². The molecule has 19 heavy (non-hydrogen) atoms. The number of nitrogens with zero attached hydrogens (tertiary/aromatic N) is 2. The zero-order chi connectivity index (χ0) is 13.2. The molecule has 2 heterocycles. The molecule has 1 aliphatic heterocycles. The molecule has 0 saturated heterocycles. The number of ether oxygens (including phenoxy) is 1. The summed E-state index contributed by atoms with van der Waals surface area (Å²) in [5.74, 6) is 0.717. The number of carbonyl (C=O) groups excluding carboxylic acids is 1. The van der Waals surface area contributed by atoms with Gasteiger partial charge in [0, 0.05) is 24.5 Å². The summed E-state index contributed by atoms with van der Waals surface area (Å²) in [6.45, 7) is 0. The molecule has 1 aliphatic rings. The summed E-state index contributed by atoms with van der Waals surface area (Å²) < 4.78 is 6.37. The number of nitrogens with one attached hydrogen (secondary N) is 1. The van der Waals surface area contributed by atoms with Crippen LogP contribution in [0.2, 0.25) is 0 Å². The topological polar surface area (TPSA) is 64.1 Å². The van der Waals surface area contributed by atoms with Gasteiger partial charge in [-0.15, -0.1) is 0 Å². The third kappa shape index (κ3) is 2.73. The Morgan fingerprint density at radius 2 is 2.00 bits per heavy atom. The summed E-state index contributed by atoms with van der Waals surface area (Å²) in [6.07, 6.45) is 4.48. The maximum absolute atomic E-state index is 11.3. The van der Waals surface area contributed by atoms with Gasteiger partial charge in [-0.1, -0.05) is 0 Å². The maximum Gasteiger partial charge on any atom is 0.321 e. The van der Waals surface area contributed by atoms with Crippen molar-refractivity contribution >= 4 is 27.5 Å². The zero-order valence-electron chi connectivity index (χ0n) is 9.89. The van der Waals surface area contributed by atoms with Gasteiger partial charge in [0.05, 0.1) is 4.47 Å². The number of carbonyl (C=O) groups is 1. The van der Waals surface area contributed by atoms with E-state index in [0.717, 1.165) is 22.1 Å².